The number of rotatable bonds is 0. The number of aromatic amines is 1. The highest BCUT2D eigenvalue weighted by Crippen LogP contribution is 2.24. The van der Waals surface area contributed by atoms with Gasteiger partial charge in [-0.05, 0) is 22.6 Å². The van der Waals surface area contributed by atoms with Gasteiger partial charge in [-0.15, -0.1) is 0 Å². The van der Waals surface area contributed by atoms with Gasteiger partial charge in [0.2, 0.25) is 5.82 Å². The largest absolute Gasteiger partial charge is 0.449 e. The molecule has 0 saturated carbocycles. The fourth-order valence-corrected chi connectivity index (χ4v) is 0.798. The second kappa shape index (κ2) is 3.04. The summed E-state index contributed by atoms with van der Waals surface area (Å²) in [5.74, 6) is -1.27. The van der Waals surface area contributed by atoms with Crippen LogP contribution in [0.15, 0.2) is 11.0 Å². The summed E-state index contributed by atoms with van der Waals surface area (Å²) in [5, 5.41) is 0. The van der Waals surface area contributed by atoms with E-state index in [-0.39, 0.29) is 3.57 Å². The molecule has 0 saturated heterocycles. The molecule has 0 atom stereocenters. The van der Waals surface area contributed by atoms with Crippen LogP contribution in [0.4, 0.5) is 13.2 Å². The molecule has 0 unspecified atom stereocenters. The Hall–Kier alpha value is -0.600. The van der Waals surface area contributed by atoms with Crippen molar-refractivity contribution in [2.45, 2.75) is 6.18 Å². The molecule has 0 bridgehead atoms. The first-order valence-electron chi connectivity index (χ1n) is 2.73. The van der Waals surface area contributed by atoms with Crippen molar-refractivity contribution >= 4 is 22.6 Å². The Morgan fingerprint density at radius 3 is 2.50 bits per heavy atom. The number of halogens is 4. The maximum atomic E-state index is 11.9. The fraction of sp³-hybridized carbons (Fsp3) is 0.200. The number of nitrogens with zero attached hydrogens (tertiary/aromatic N) is 1. The van der Waals surface area contributed by atoms with E-state index >= 15 is 0 Å². The Labute approximate surface area is 78.2 Å². The molecule has 12 heavy (non-hydrogen) atoms. The zero-order valence-corrected chi connectivity index (χ0v) is 7.60. The van der Waals surface area contributed by atoms with E-state index in [1.165, 1.54) is 0 Å². The molecule has 0 fully saturated rings. The van der Waals surface area contributed by atoms with Gasteiger partial charge in [-0.25, -0.2) is 4.98 Å². The second-order valence-electron chi connectivity index (χ2n) is 1.91. The summed E-state index contributed by atoms with van der Waals surface area (Å²) < 4.78 is 35.7. The van der Waals surface area contributed by atoms with Gasteiger partial charge < -0.3 is 4.98 Å². The SMILES string of the molecule is O=c1[nH]c(C(F)(F)F)ncc1I. The van der Waals surface area contributed by atoms with Gasteiger partial charge in [-0.1, -0.05) is 0 Å². The van der Waals surface area contributed by atoms with Gasteiger partial charge in [0.25, 0.3) is 5.56 Å². The highest BCUT2D eigenvalue weighted by atomic mass is 127. The van der Waals surface area contributed by atoms with Gasteiger partial charge in [0, 0.05) is 6.20 Å². The summed E-state index contributed by atoms with van der Waals surface area (Å²) in [5.41, 5.74) is -0.780. The summed E-state index contributed by atoms with van der Waals surface area (Å²) in [6.07, 6.45) is -3.72. The highest BCUT2D eigenvalue weighted by molar-refractivity contribution is 14.1. The fourth-order valence-electron chi connectivity index (χ4n) is 0.523. The molecule has 0 aliphatic carbocycles. The zero-order valence-electron chi connectivity index (χ0n) is 5.44. The average molecular weight is 290 g/mol. The first-order valence-corrected chi connectivity index (χ1v) is 3.81. The highest BCUT2D eigenvalue weighted by Gasteiger charge is 2.33. The van der Waals surface area contributed by atoms with Crippen molar-refractivity contribution in [3.8, 4) is 0 Å². The van der Waals surface area contributed by atoms with Crippen LogP contribution in [0, 0.1) is 3.57 Å². The van der Waals surface area contributed by atoms with Crippen LogP contribution in [-0.4, -0.2) is 9.97 Å². The molecule has 0 radical (unpaired) electrons. The van der Waals surface area contributed by atoms with Crippen LogP contribution >= 0.6 is 22.6 Å². The van der Waals surface area contributed by atoms with Crippen molar-refractivity contribution in [1.29, 1.82) is 0 Å². The van der Waals surface area contributed by atoms with Gasteiger partial charge in [-0.3, -0.25) is 4.79 Å². The van der Waals surface area contributed by atoms with E-state index < -0.39 is 17.6 Å². The molecule has 1 aromatic heterocycles. The van der Waals surface area contributed by atoms with E-state index in [9.17, 15) is 18.0 Å². The van der Waals surface area contributed by atoms with Crippen molar-refractivity contribution < 1.29 is 13.2 Å². The Bertz CT molecular complexity index is 345. The lowest BCUT2D eigenvalue weighted by Gasteiger charge is -2.03. The standard InChI is InChI=1S/C5H2F3IN2O/c6-5(7,8)4-10-1-2(9)3(12)11-4/h1H,(H,10,11,12). The molecule has 3 nitrogen and oxygen atoms in total. The number of hydrogen-bond acceptors (Lipinski definition) is 2. The topological polar surface area (TPSA) is 45.8 Å². The van der Waals surface area contributed by atoms with Crippen LogP contribution in [0.3, 0.4) is 0 Å². The van der Waals surface area contributed by atoms with Crippen LogP contribution in [-0.2, 0) is 6.18 Å². The number of aromatic nitrogens is 2. The number of alkyl halides is 3. The van der Waals surface area contributed by atoms with Gasteiger partial charge >= 0.3 is 6.18 Å². The minimum atomic E-state index is -4.59. The Balaban J connectivity index is 3.23. The van der Waals surface area contributed by atoms with Crippen molar-refractivity contribution in [3.63, 3.8) is 0 Å². The van der Waals surface area contributed by atoms with E-state index in [0.29, 0.717) is 0 Å². The lowest BCUT2D eigenvalue weighted by atomic mass is 10.5. The predicted molar refractivity (Wildman–Crippen MR) is 42.6 cm³/mol. The number of nitrogens with one attached hydrogen (secondary N) is 1. The number of hydrogen-bond donors (Lipinski definition) is 1. The summed E-state index contributed by atoms with van der Waals surface area (Å²) in [7, 11) is 0. The van der Waals surface area contributed by atoms with Crippen molar-refractivity contribution in [1.82, 2.24) is 9.97 Å². The van der Waals surface area contributed by atoms with E-state index in [4.69, 9.17) is 0 Å². The molecule has 66 valence electrons. The van der Waals surface area contributed by atoms with E-state index in [0.717, 1.165) is 6.20 Å². The monoisotopic (exact) mass is 290 g/mol. The molecule has 0 aliphatic rings. The maximum absolute atomic E-state index is 11.9. The molecule has 0 spiro atoms. The normalized spacial score (nSPS) is 11.7. The molecule has 0 amide bonds. The molecule has 0 aliphatic heterocycles. The lowest BCUT2D eigenvalue weighted by Crippen LogP contribution is -2.20. The zero-order chi connectivity index (χ0) is 9.35. The molecular weight excluding hydrogens is 288 g/mol. The molecule has 0 aromatic carbocycles. The molecule has 1 heterocycles. The number of H-pyrrole nitrogens is 1. The van der Waals surface area contributed by atoms with Crippen LogP contribution in [0.2, 0.25) is 0 Å². The molecule has 1 N–H and O–H groups in total. The molecule has 7 heteroatoms. The van der Waals surface area contributed by atoms with Crippen LogP contribution < -0.4 is 5.56 Å². The third-order valence-corrected chi connectivity index (χ3v) is 1.79. The van der Waals surface area contributed by atoms with Crippen molar-refractivity contribution in [2.24, 2.45) is 0 Å². The smallest absolute Gasteiger partial charge is 0.302 e. The first-order chi connectivity index (χ1) is 5.41. The lowest BCUT2D eigenvalue weighted by molar-refractivity contribution is -0.145. The van der Waals surface area contributed by atoms with Gasteiger partial charge in [0.1, 0.15) is 0 Å². The van der Waals surface area contributed by atoms with Gasteiger partial charge in [0.15, 0.2) is 0 Å². The Morgan fingerprint density at radius 2 is 2.08 bits per heavy atom. The summed E-state index contributed by atoms with van der Waals surface area (Å²) >= 11 is 1.60. The quantitative estimate of drug-likeness (QED) is 0.734. The van der Waals surface area contributed by atoms with Crippen molar-refractivity contribution in [3.05, 3.63) is 25.9 Å². The van der Waals surface area contributed by atoms with Crippen LogP contribution in [0.25, 0.3) is 0 Å². The first kappa shape index (κ1) is 9.49. The van der Waals surface area contributed by atoms with E-state index in [1.54, 1.807) is 27.6 Å². The van der Waals surface area contributed by atoms with Crippen LogP contribution in [0.1, 0.15) is 5.82 Å². The summed E-state index contributed by atoms with van der Waals surface area (Å²) in [6, 6.07) is 0. The van der Waals surface area contributed by atoms with E-state index in [1.807, 2.05) is 0 Å². The van der Waals surface area contributed by atoms with Crippen LogP contribution in [0.5, 0.6) is 0 Å². The third-order valence-electron chi connectivity index (χ3n) is 1.02. The minimum Gasteiger partial charge on any atom is -0.302 e. The Kier molecular flexibility index (Phi) is 2.40. The summed E-state index contributed by atoms with van der Waals surface area (Å²) in [6.45, 7) is 0. The van der Waals surface area contributed by atoms with Crippen molar-refractivity contribution in [2.75, 3.05) is 0 Å². The minimum absolute atomic E-state index is 0.126. The van der Waals surface area contributed by atoms with Gasteiger partial charge in [-0.2, -0.15) is 13.2 Å². The maximum Gasteiger partial charge on any atom is 0.449 e. The summed E-state index contributed by atoms with van der Waals surface area (Å²) in [4.78, 5) is 15.3. The van der Waals surface area contributed by atoms with Gasteiger partial charge in [0.05, 0.1) is 3.57 Å². The molecular formula is C5H2F3IN2O. The average Bonchev–Trinajstić information content (AvgIpc) is 1.92. The molecule has 1 aromatic rings. The predicted octanol–water partition coefficient (Wildman–Crippen LogP) is 1.39. The Morgan fingerprint density at radius 1 is 1.50 bits per heavy atom. The third kappa shape index (κ3) is 1.96. The second-order valence-corrected chi connectivity index (χ2v) is 3.07. The van der Waals surface area contributed by atoms with E-state index in [2.05, 4.69) is 4.98 Å². The molecule has 1 rings (SSSR count).